The monoisotopic (exact) mass is 255 g/mol. The van der Waals surface area contributed by atoms with E-state index in [-0.39, 0.29) is 5.56 Å². The minimum atomic E-state index is -2.41. The number of aryl methyl sites for hydroxylation is 1. The van der Waals surface area contributed by atoms with Gasteiger partial charge in [-0.15, -0.1) is 0 Å². The van der Waals surface area contributed by atoms with Gasteiger partial charge in [-0.1, -0.05) is 0 Å². The van der Waals surface area contributed by atoms with Crippen molar-refractivity contribution in [2.45, 2.75) is 26.2 Å². The Morgan fingerprint density at radius 1 is 1.28 bits per heavy atom. The van der Waals surface area contributed by atoms with Crippen LogP contribution >= 0.6 is 0 Å². The number of alkyl halides is 2. The van der Waals surface area contributed by atoms with Crippen LogP contribution in [0.25, 0.3) is 0 Å². The Bertz CT molecular complexity index is 389. The second-order valence-corrected chi connectivity index (χ2v) is 4.72. The molecule has 0 aliphatic carbocycles. The maximum Gasteiger partial charge on any atom is 0.263 e. The summed E-state index contributed by atoms with van der Waals surface area (Å²) in [6.07, 6.45) is 0.117. The number of hydrogen-bond acceptors (Lipinski definition) is 2. The molecule has 1 aromatic carbocycles. The van der Waals surface area contributed by atoms with Gasteiger partial charge in [0.15, 0.2) is 0 Å². The van der Waals surface area contributed by atoms with Crippen molar-refractivity contribution in [2.24, 2.45) is 0 Å². The summed E-state index contributed by atoms with van der Waals surface area (Å²) in [5.74, 6) is 0.707. The molecule has 0 bridgehead atoms. The van der Waals surface area contributed by atoms with E-state index in [2.05, 4.69) is 4.90 Å². The van der Waals surface area contributed by atoms with E-state index in [0.29, 0.717) is 12.4 Å². The number of likely N-dealkylation sites (tertiary alicyclic amines) is 1. The zero-order valence-corrected chi connectivity index (χ0v) is 10.7. The summed E-state index contributed by atoms with van der Waals surface area (Å²) in [4.78, 5) is 2.36. The quantitative estimate of drug-likeness (QED) is 0.799. The highest BCUT2D eigenvalue weighted by molar-refractivity contribution is 5.36. The van der Waals surface area contributed by atoms with Crippen molar-refractivity contribution in [3.8, 4) is 5.75 Å². The molecule has 1 heterocycles. The molecule has 2 rings (SSSR count). The predicted octanol–water partition coefficient (Wildman–Crippen LogP) is 3.41. The number of ether oxygens (including phenoxy) is 1. The fourth-order valence-electron chi connectivity index (χ4n) is 2.26. The van der Waals surface area contributed by atoms with Gasteiger partial charge < -0.3 is 4.74 Å². The predicted molar refractivity (Wildman–Crippen MR) is 67.3 cm³/mol. The third-order valence-corrected chi connectivity index (χ3v) is 3.31. The lowest BCUT2D eigenvalue weighted by atomic mass is 10.1. The highest BCUT2D eigenvalue weighted by Gasteiger charge is 2.12. The second kappa shape index (κ2) is 6.14. The Labute approximate surface area is 107 Å². The van der Waals surface area contributed by atoms with Gasteiger partial charge in [-0.25, -0.2) is 8.78 Å². The van der Waals surface area contributed by atoms with Crippen LogP contribution in [0, 0.1) is 6.92 Å². The molecule has 0 amide bonds. The molecule has 0 N–H and O–H groups in total. The van der Waals surface area contributed by atoms with Crippen LogP contribution in [-0.2, 0) is 0 Å². The molecular formula is C14H19F2NO. The molecule has 1 aliphatic heterocycles. The van der Waals surface area contributed by atoms with Gasteiger partial charge in [-0.2, -0.15) is 0 Å². The number of benzene rings is 1. The van der Waals surface area contributed by atoms with E-state index in [1.165, 1.54) is 25.0 Å². The number of halogens is 2. The van der Waals surface area contributed by atoms with Crippen molar-refractivity contribution in [3.05, 3.63) is 29.3 Å². The molecule has 4 heteroatoms. The lowest BCUT2D eigenvalue weighted by Crippen LogP contribution is -2.25. The lowest BCUT2D eigenvalue weighted by Gasteiger charge is -2.16. The Morgan fingerprint density at radius 3 is 2.61 bits per heavy atom. The molecule has 0 unspecified atom stereocenters. The summed E-state index contributed by atoms with van der Waals surface area (Å²) in [6, 6.07) is 4.57. The molecule has 0 atom stereocenters. The van der Waals surface area contributed by atoms with E-state index in [1.54, 1.807) is 13.0 Å². The smallest absolute Gasteiger partial charge is 0.263 e. The van der Waals surface area contributed by atoms with Crippen LogP contribution in [0.2, 0.25) is 0 Å². The molecule has 100 valence electrons. The SMILES string of the molecule is Cc1cc(C(F)F)ccc1OCCN1CCCC1. The van der Waals surface area contributed by atoms with Crippen molar-refractivity contribution in [1.82, 2.24) is 4.90 Å². The van der Waals surface area contributed by atoms with E-state index in [9.17, 15) is 8.78 Å². The van der Waals surface area contributed by atoms with Gasteiger partial charge in [-0.3, -0.25) is 4.90 Å². The zero-order valence-electron chi connectivity index (χ0n) is 10.7. The Balaban J connectivity index is 1.85. The highest BCUT2D eigenvalue weighted by Crippen LogP contribution is 2.25. The normalized spacial score (nSPS) is 16.4. The molecule has 0 aromatic heterocycles. The maximum atomic E-state index is 12.5. The Hall–Kier alpha value is -1.16. The molecule has 0 spiro atoms. The average Bonchev–Trinajstić information content (AvgIpc) is 2.84. The van der Waals surface area contributed by atoms with Crippen LogP contribution in [0.1, 0.15) is 30.4 Å². The number of hydrogen-bond donors (Lipinski definition) is 0. The number of rotatable bonds is 5. The molecule has 1 fully saturated rings. The van der Waals surface area contributed by atoms with E-state index in [4.69, 9.17) is 4.74 Å². The van der Waals surface area contributed by atoms with E-state index in [0.717, 1.165) is 25.2 Å². The molecule has 1 aliphatic rings. The third-order valence-electron chi connectivity index (χ3n) is 3.31. The van der Waals surface area contributed by atoms with Gasteiger partial charge in [0.1, 0.15) is 12.4 Å². The lowest BCUT2D eigenvalue weighted by molar-refractivity contribution is 0.151. The molecule has 2 nitrogen and oxygen atoms in total. The van der Waals surface area contributed by atoms with Crippen molar-refractivity contribution < 1.29 is 13.5 Å². The van der Waals surface area contributed by atoms with Crippen LogP contribution in [-0.4, -0.2) is 31.1 Å². The van der Waals surface area contributed by atoms with Crippen molar-refractivity contribution in [2.75, 3.05) is 26.2 Å². The summed E-state index contributed by atoms with van der Waals surface area (Å²) >= 11 is 0. The van der Waals surface area contributed by atoms with Crippen LogP contribution in [0.3, 0.4) is 0 Å². The first-order valence-electron chi connectivity index (χ1n) is 6.40. The van der Waals surface area contributed by atoms with E-state index in [1.807, 2.05) is 0 Å². The van der Waals surface area contributed by atoms with Gasteiger partial charge in [0.25, 0.3) is 6.43 Å². The molecule has 0 saturated carbocycles. The first-order valence-corrected chi connectivity index (χ1v) is 6.40. The fraction of sp³-hybridized carbons (Fsp3) is 0.571. The highest BCUT2D eigenvalue weighted by atomic mass is 19.3. The van der Waals surface area contributed by atoms with Crippen LogP contribution in [0.15, 0.2) is 18.2 Å². The molecule has 0 radical (unpaired) electrons. The zero-order chi connectivity index (χ0) is 13.0. The molecule has 18 heavy (non-hydrogen) atoms. The Kier molecular flexibility index (Phi) is 4.53. The first-order chi connectivity index (χ1) is 8.66. The summed E-state index contributed by atoms with van der Waals surface area (Å²) in [5.41, 5.74) is 0.827. The second-order valence-electron chi connectivity index (χ2n) is 4.72. The maximum absolute atomic E-state index is 12.5. The summed E-state index contributed by atoms with van der Waals surface area (Å²) in [5, 5.41) is 0. The Morgan fingerprint density at radius 2 is 2.00 bits per heavy atom. The first kappa shape index (κ1) is 13.3. The van der Waals surface area contributed by atoms with Crippen molar-refractivity contribution >= 4 is 0 Å². The van der Waals surface area contributed by atoms with Crippen LogP contribution in [0.5, 0.6) is 5.75 Å². The molecular weight excluding hydrogens is 236 g/mol. The topological polar surface area (TPSA) is 12.5 Å². The van der Waals surface area contributed by atoms with Gasteiger partial charge in [-0.05, 0) is 56.6 Å². The van der Waals surface area contributed by atoms with E-state index < -0.39 is 6.43 Å². The van der Waals surface area contributed by atoms with Crippen LogP contribution < -0.4 is 4.74 Å². The van der Waals surface area contributed by atoms with Gasteiger partial charge in [0.2, 0.25) is 0 Å². The van der Waals surface area contributed by atoms with E-state index >= 15 is 0 Å². The van der Waals surface area contributed by atoms with Gasteiger partial charge in [0.05, 0.1) is 0 Å². The average molecular weight is 255 g/mol. The fourth-order valence-corrected chi connectivity index (χ4v) is 2.26. The third kappa shape index (κ3) is 3.42. The minimum absolute atomic E-state index is 0.0550. The summed E-state index contributed by atoms with van der Waals surface area (Å²) in [7, 11) is 0. The minimum Gasteiger partial charge on any atom is -0.492 e. The summed E-state index contributed by atoms with van der Waals surface area (Å²) < 4.78 is 30.6. The van der Waals surface area contributed by atoms with Crippen LogP contribution in [0.4, 0.5) is 8.78 Å². The largest absolute Gasteiger partial charge is 0.492 e. The summed E-state index contributed by atoms with van der Waals surface area (Å²) in [6.45, 7) is 5.63. The van der Waals surface area contributed by atoms with Gasteiger partial charge >= 0.3 is 0 Å². The molecule has 1 saturated heterocycles. The van der Waals surface area contributed by atoms with Crippen molar-refractivity contribution in [1.29, 1.82) is 0 Å². The number of nitrogens with zero attached hydrogens (tertiary/aromatic N) is 1. The van der Waals surface area contributed by atoms with Crippen molar-refractivity contribution in [3.63, 3.8) is 0 Å². The molecule has 1 aromatic rings. The standard InChI is InChI=1S/C14H19F2NO/c1-11-10-12(14(15)16)4-5-13(11)18-9-8-17-6-2-3-7-17/h4-5,10,14H,2-3,6-9H2,1H3. The van der Waals surface area contributed by atoms with Gasteiger partial charge in [0, 0.05) is 12.1 Å².